The summed E-state index contributed by atoms with van der Waals surface area (Å²) < 4.78 is 79.3. The number of nitrogens with one attached hydrogen (secondary N) is 4. The third-order valence-electron chi connectivity index (χ3n) is 17.4. The quantitative estimate of drug-likeness (QED) is 0.0261. The zero-order chi connectivity index (χ0) is 79.8. The van der Waals surface area contributed by atoms with Crippen LogP contribution in [0.1, 0.15) is 69.5 Å². The smallest absolute Gasteiger partial charge is 0.212 e. The Bertz CT molecular complexity index is 6160. The number of benzene rings is 8. The van der Waals surface area contributed by atoms with Crippen molar-refractivity contribution in [3.05, 3.63) is 299 Å². The van der Waals surface area contributed by atoms with E-state index in [4.69, 9.17) is 9.47 Å². The molecule has 0 bridgehead atoms. The van der Waals surface area contributed by atoms with Crippen LogP contribution in [-0.4, -0.2) is 139 Å². The van der Waals surface area contributed by atoms with Gasteiger partial charge in [-0.1, -0.05) is 84.1 Å². The highest BCUT2D eigenvalue weighted by Gasteiger charge is 2.12. The molecule has 8 heterocycles. The van der Waals surface area contributed by atoms with E-state index in [1.165, 1.54) is 12.3 Å². The van der Waals surface area contributed by atoms with E-state index < -0.39 is 19.3 Å². The number of hydrogen-bond acceptors (Lipinski definition) is 13. The van der Waals surface area contributed by atoms with Crippen molar-refractivity contribution in [1.29, 1.82) is 0 Å². The molecule has 0 aliphatic carbocycles. The molecule has 4 N–H and O–H groups in total. The molecule has 0 aliphatic heterocycles. The van der Waals surface area contributed by atoms with Crippen LogP contribution in [0.25, 0.3) is 65.4 Å². The first-order valence-corrected chi connectivity index (χ1v) is 38.0. The highest BCUT2D eigenvalue weighted by molar-refractivity contribution is 7.16. The molecular formula is C92H80F5N15O2S. The Morgan fingerprint density at radius 1 is 0.443 bits per heavy atom. The van der Waals surface area contributed by atoms with Gasteiger partial charge >= 0.3 is 0 Å². The number of para-hydroxylation sites is 8. The second-order valence-corrected chi connectivity index (χ2v) is 26.6. The number of anilines is 3. The van der Waals surface area contributed by atoms with E-state index in [2.05, 4.69) is 115 Å². The van der Waals surface area contributed by atoms with Crippen LogP contribution < -0.4 is 15.5 Å². The highest BCUT2D eigenvalue weighted by atomic mass is 32.1. The maximum absolute atomic E-state index is 12.8. The molecule has 0 saturated carbocycles. The summed E-state index contributed by atoms with van der Waals surface area (Å²) in [5, 5.41) is 7.35. The number of imidazole rings is 4. The summed E-state index contributed by atoms with van der Waals surface area (Å²) in [4.78, 5) is 38.6. The number of rotatable bonds is 19. The monoisotopic (exact) mass is 1550 g/mol. The van der Waals surface area contributed by atoms with Crippen molar-refractivity contribution in [3.8, 4) is 59.2 Å². The van der Waals surface area contributed by atoms with Gasteiger partial charge in [0.2, 0.25) is 5.95 Å². The maximum Gasteiger partial charge on any atom is 0.212 e. The van der Waals surface area contributed by atoms with Crippen molar-refractivity contribution in [2.45, 2.75) is 25.9 Å². The number of fused-ring (bicyclic) bond motifs is 6. The summed E-state index contributed by atoms with van der Waals surface area (Å²) in [5.41, 5.74) is 19.4. The van der Waals surface area contributed by atoms with Crippen LogP contribution in [-0.2, 0) is 29.6 Å². The van der Waals surface area contributed by atoms with Crippen LogP contribution in [0.15, 0.2) is 236 Å². The Morgan fingerprint density at radius 2 is 0.965 bits per heavy atom. The van der Waals surface area contributed by atoms with Gasteiger partial charge in [-0.15, -0.1) is 11.3 Å². The van der Waals surface area contributed by atoms with Crippen LogP contribution in [0.5, 0.6) is 0 Å². The molecular weight excluding hydrogens is 1470 g/mol. The Kier molecular flexibility index (Phi) is 29.4. The lowest BCUT2D eigenvalue weighted by molar-refractivity contribution is 0.0404. The number of alkyl halides is 4. The lowest BCUT2D eigenvalue weighted by Crippen LogP contribution is -2.12. The van der Waals surface area contributed by atoms with E-state index in [1.54, 1.807) is 23.6 Å². The van der Waals surface area contributed by atoms with E-state index in [9.17, 15) is 22.0 Å². The van der Waals surface area contributed by atoms with Gasteiger partial charge in [-0.25, -0.2) is 43.7 Å². The Hall–Kier alpha value is -13.9. The number of hydrogen-bond donors (Lipinski definition) is 4. The summed E-state index contributed by atoms with van der Waals surface area (Å²) in [6, 6.07) is 67.8. The van der Waals surface area contributed by atoms with Gasteiger partial charge in [-0.3, -0.25) is 8.78 Å². The number of halogens is 5. The minimum atomic E-state index is -0.496. The molecule has 0 atom stereocenters. The van der Waals surface area contributed by atoms with Crippen LogP contribution in [0, 0.1) is 65.2 Å². The molecule has 0 aliphatic rings. The van der Waals surface area contributed by atoms with E-state index >= 15 is 0 Å². The largest absolute Gasteiger partial charge is 0.385 e. The molecule has 115 heavy (non-hydrogen) atoms. The topological polar surface area (TPSA) is 182 Å². The van der Waals surface area contributed by atoms with E-state index in [0.29, 0.717) is 75.3 Å². The minimum absolute atomic E-state index is 0.110. The molecule has 8 aromatic carbocycles. The van der Waals surface area contributed by atoms with Crippen LogP contribution in [0.2, 0.25) is 0 Å². The first-order chi connectivity index (χ1) is 56.5. The molecule has 576 valence electrons. The molecule has 16 rings (SSSR count). The average molecular weight is 1550 g/mol. The van der Waals surface area contributed by atoms with Gasteiger partial charge in [-0.05, 0) is 200 Å². The molecule has 0 amide bonds. The lowest BCUT2D eigenvalue weighted by Gasteiger charge is -2.11. The number of H-pyrrole nitrogens is 2. The Labute approximate surface area is 667 Å². The second kappa shape index (κ2) is 42.0. The van der Waals surface area contributed by atoms with Crippen molar-refractivity contribution in [3.63, 3.8) is 0 Å². The summed E-state index contributed by atoms with van der Waals surface area (Å²) in [6.07, 6.45) is 6.07. The SMILES string of the molecule is CN(C)c1ccc(C#Cc2nc3ccccc3n2CCF)cc1.Cn1c(C#Cc2ccc(NCCCF)cc2)nc2ccccc21.FCCCNc1ccc(C#Cc2nc3ccccc3[nH]2)cc1.FCCOCCOCCn1c(C#Cc2cnc3[nH]ccc3c2)nc2ccccc21.Fc1ccc(C#Cc2ccc3scnc3c2)cn1. The number of nitrogens with zero attached hydrogens (tertiary/aromatic N) is 11. The van der Waals surface area contributed by atoms with Crippen molar-refractivity contribution in [2.75, 3.05) is 95.8 Å². The third kappa shape index (κ3) is 23.4. The van der Waals surface area contributed by atoms with Crippen LogP contribution in [0.4, 0.5) is 39.0 Å². The van der Waals surface area contributed by atoms with Gasteiger partial charge in [0.05, 0.1) is 106 Å². The summed E-state index contributed by atoms with van der Waals surface area (Å²) in [6.45, 7) is 2.06. The molecule has 17 nitrogen and oxygen atoms in total. The first kappa shape index (κ1) is 80.7. The second-order valence-electron chi connectivity index (χ2n) is 25.7. The molecule has 23 heteroatoms. The van der Waals surface area contributed by atoms with E-state index in [1.807, 2.05) is 252 Å². The summed E-state index contributed by atoms with van der Waals surface area (Å²) in [7, 11) is 5.97. The normalized spacial score (nSPS) is 10.5. The van der Waals surface area contributed by atoms with E-state index in [-0.39, 0.29) is 26.5 Å². The molecule has 0 unspecified atom stereocenters. The number of aromatic amines is 2. The fourth-order valence-corrected chi connectivity index (χ4v) is 12.2. The summed E-state index contributed by atoms with van der Waals surface area (Å²) >= 11 is 1.60. The van der Waals surface area contributed by atoms with Crippen LogP contribution >= 0.6 is 11.3 Å². The fraction of sp³-hybridized carbons (Fsp3) is 0.185. The molecule has 0 fully saturated rings. The lowest BCUT2D eigenvalue weighted by atomic mass is 10.2. The molecule has 0 radical (unpaired) electrons. The summed E-state index contributed by atoms with van der Waals surface area (Å²) in [5.74, 6) is 33.0. The van der Waals surface area contributed by atoms with E-state index in [0.717, 1.165) is 116 Å². The van der Waals surface area contributed by atoms with Gasteiger partial charge in [0.1, 0.15) is 19.0 Å². The van der Waals surface area contributed by atoms with Crippen LogP contribution in [0.3, 0.4) is 0 Å². The van der Waals surface area contributed by atoms with Gasteiger partial charge in [0.15, 0.2) is 23.3 Å². The molecule has 16 aromatic rings. The van der Waals surface area contributed by atoms with Gasteiger partial charge < -0.3 is 48.7 Å². The Morgan fingerprint density at radius 3 is 1.57 bits per heavy atom. The predicted molar refractivity (Wildman–Crippen MR) is 451 cm³/mol. The maximum atomic E-state index is 12.8. The number of aromatic nitrogens is 12. The number of ether oxygens (including phenoxy) is 2. The standard InChI is InChI=1S/C22H21FN4O2.2C19H18FN3.C18H16FN3.C14H7FN2S/c23-8-11-28-13-14-29-12-10-27-20-4-2-1-3-19(20)26-21(27)6-5-17-15-18-7-9-24-22(18)25-16-17;1-22(2)16-10-7-15(8-11-16)9-12-19-21-17-5-3-4-6-18(17)23(19)14-13-20;1-23-18-6-3-2-5-17(18)22-19(23)12-9-15-7-10-16(11-8-15)21-14-4-13-20;19-12-3-13-20-15-9-6-14(7-10-15)8-11-18-21-16-4-1-2-5-17(16)22-18;15-14-6-4-11(8-16-14)2-1-10-3-5-13-12(7-10)17-9-18-13/h1-4,7,9,15-16H,8,10-14H2,(H,24,25);3-8,10-11H,13-14H2,1-2H3;2-3,5-8,10-11,21H,4,13-14H2,1H3;1-2,4-7,9-10,20H,3,12-13H2,(H,21,22);3-9H. The minimum Gasteiger partial charge on any atom is -0.385 e. The zero-order valence-corrected chi connectivity index (χ0v) is 64.3. The molecule has 0 saturated heterocycles. The Balaban J connectivity index is 0.000000134. The van der Waals surface area contributed by atoms with Crippen molar-refractivity contribution < 1.29 is 31.4 Å². The van der Waals surface area contributed by atoms with Gasteiger partial charge in [-0.2, -0.15) is 4.39 Å². The first-order valence-electron chi connectivity index (χ1n) is 37.1. The van der Waals surface area contributed by atoms with Crippen molar-refractivity contribution in [1.82, 2.24) is 58.6 Å². The van der Waals surface area contributed by atoms with Crippen molar-refractivity contribution >= 4 is 93.8 Å². The number of thiazole rings is 1. The fourth-order valence-electron chi connectivity index (χ4n) is 11.5. The van der Waals surface area contributed by atoms with Gasteiger partial charge in [0.25, 0.3) is 0 Å². The number of aryl methyl sites for hydroxylation is 2. The zero-order valence-electron chi connectivity index (χ0n) is 63.5. The molecule has 8 aromatic heterocycles. The average Bonchev–Trinajstić information content (AvgIpc) is 1.61. The van der Waals surface area contributed by atoms with Gasteiger partial charge in [0, 0.05) is 115 Å². The number of pyridine rings is 2. The third-order valence-corrected chi connectivity index (χ3v) is 18.2. The highest BCUT2D eigenvalue weighted by Crippen LogP contribution is 2.22. The van der Waals surface area contributed by atoms with Crippen molar-refractivity contribution in [2.24, 2.45) is 7.05 Å². The molecule has 0 spiro atoms. The predicted octanol–water partition coefficient (Wildman–Crippen LogP) is 17.5.